The zero-order valence-electron chi connectivity index (χ0n) is 24.0. The molecule has 13 heteroatoms. The highest BCUT2D eigenvalue weighted by Gasteiger charge is 2.33. The average molecular weight is 623 g/mol. The maximum Gasteiger partial charge on any atom is 0.410 e. The highest BCUT2D eigenvalue weighted by Crippen LogP contribution is 2.35. The summed E-state index contributed by atoms with van der Waals surface area (Å²) in [4.78, 5) is 20.5. The first-order valence-electron chi connectivity index (χ1n) is 13.0. The molecular formula is C28H35ClN4O6S2. The summed E-state index contributed by atoms with van der Waals surface area (Å²) in [6.07, 6.45) is 1.94. The molecule has 1 aliphatic heterocycles. The summed E-state index contributed by atoms with van der Waals surface area (Å²) in [5, 5.41) is 2.31. The lowest BCUT2D eigenvalue weighted by atomic mass is 10.2. The third-order valence-corrected chi connectivity index (χ3v) is 9.64. The Hall–Kier alpha value is -3.22. The van der Waals surface area contributed by atoms with Crippen molar-refractivity contribution in [2.45, 2.75) is 50.3 Å². The van der Waals surface area contributed by atoms with E-state index in [1.165, 1.54) is 28.8 Å². The van der Waals surface area contributed by atoms with Crippen molar-refractivity contribution in [3.63, 3.8) is 0 Å². The minimum Gasteiger partial charge on any atom is -0.497 e. The van der Waals surface area contributed by atoms with Gasteiger partial charge in [-0.25, -0.2) is 22.5 Å². The number of thiazole rings is 1. The second-order valence-corrected chi connectivity index (χ2v) is 13.7. The van der Waals surface area contributed by atoms with Crippen LogP contribution in [0.3, 0.4) is 0 Å². The molecule has 10 nitrogen and oxygen atoms in total. The standard InChI is InChI=1S/C28H35ClN4O6S2/c1-28(2,3)39-27(34)32-13-11-20(18-32)31(4)24-10-9-22(16-23(24)29)41(35,36)33(26-30-12-14-40-26)17-19-7-8-21(37-5)15-25(19)38-6/h7-10,12,14-16,20H,11,13,17-18H2,1-6H3/t20-/m0/s1. The minimum atomic E-state index is -4.06. The molecular weight excluding hydrogens is 588 g/mol. The molecule has 222 valence electrons. The zero-order valence-corrected chi connectivity index (χ0v) is 26.3. The number of carbonyl (C=O) groups is 1. The number of likely N-dealkylation sites (N-methyl/N-ethyl adjacent to an activating group) is 1. The van der Waals surface area contributed by atoms with Gasteiger partial charge in [0.05, 0.1) is 36.4 Å². The molecule has 0 radical (unpaired) electrons. The van der Waals surface area contributed by atoms with Gasteiger partial charge in [0, 0.05) is 49.4 Å². The number of halogens is 1. The SMILES string of the molecule is COc1ccc(CN(c2nccs2)S(=O)(=O)c2ccc(N(C)[C@H]3CCN(C(=O)OC(C)(C)C)C3)c(Cl)c2)c(OC)c1. The van der Waals surface area contributed by atoms with E-state index in [1.807, 2.05) is 32.7 Å². The van der Waals surface area contributed by atoms with Gasteiger partial charge < -0.3 is 24.0 Å². The van der Waals surface area contributed by atoms with Crippen molar-refractivity contribution in [1.82, 2.24) is 9.88 Å². The topological polar surface area (TPSA) is 102 Å². The number of aromatic nitrogens is 1. The molecule has 1 saturated heterocycles. The van der Waals surface area contributed by atoms with Crippen molar-refractivity contribution in [3.05, 3.63) is 58.6 Å². The number of anilines is 2. The first-order valence-corrected chi connectivity index (χ1v) is 15.7. The minimum absolute atomic E-state index is 0.00294. The average Bonchev–Trinajstić information content (AvgIpc) is 3.63. The predicted octanol–water partition coefficient (Wildman–Crippen LogP) is 5.65. The molecule has 0 unspecified atom stereocenters. The van der Waals surface area contributed by atoms with Crippen molar-refractivity contribution in [3.8, 4) is 11.5 Å². The van der Waals surface area contributed by atoms with Gasteiger partial charge in [-0.05, 0) is 57.5 Å². The molecule has 1 aromatic heterocycles. The van der Waals surface area contributed by atoms with Crippen molar-refractivity contribution in [2.75, 3.05) is 43.6 Å². The number of methoxy groups -OCH3 is 2. The first-order chi connectivity index (χ1) is 19.3. The maximum absolute atomic E-state index is 14.0. The number of ether oxygens (including phenoxy) is 3. The maximum atomic E-state index is 14.0. The molecule has 0 saturated carbocycles. The van der Waals surface area contributed by atoms with E-state index < -0.39 is 15.6 Å². The summed E-state index contributed by atoms with van der Waals surface area (Å²) in [6, 6.07) is 9.90. The van der Waals surface area contributed by atoms with Crippen LogP contribution in [0.4, 0.5) is 15.6 Å². The Labute approximate surface area is 250 Å². The molecule has 2 heterocycles. The highest BCUT2D eigenvalue weighted by atomic mass is 35.5. The molecule has 0 bridgehead atoms. The van der Waals surface area contributed by atoms with E-state index in [0.717, 1.165) is 6.42 Å². The van der Waals surface area contributed by atoms with Gasteiger partial charge in [-0.3, -0.25) is 0 Å². The Morgan fingerprint density at radius 2 is 1.93 bits per heavy atom. The second-order valence-electron chi connectivity index (χ2n) is 10.6. The molecule has 3 aromatic rings. The van der Waals surface area contributed by atoms with E-state index in [0.29, 0.717) is 41.0 Å². The Morgan fingerprint density at radius 3 is 2.54 bits per heavy atom. The smallest absolute Gasteiger partial charge is 0.410 e. The number of likely N-dealkylation sites (tertiary alicyclic amines) is 1. The third-order valence-electron chi connectivity index (χ3n) is 6.69. The number of rotatable bonds is 9. The Balaban J connectivity index is 1.58. The van der Waals surface area contributed by atoms with Crippen LogP contribution in [0, 0.1) is 0 Å². The quantitative estimate of drug-likeness (QED) is 0.302. The Morgan fingerprint density at radius 1 is 1.17 bits per heavy atom. The fourth-order valence-corrected chi connectivity index (χ4v) is 7.21. The normalized spacial score (nSPS) is 15.5. The van der Waals surface area contributed by atoms with E-state index in [1.54, 1.807) is 53.9 Å². The Bertz CT molecular complexity index is 1480. The van der Waals surface area contributed by atoms with Crippen LogP contribution in [0.5, 0.6) is 11.5 Å². The predicted molar refractivity (Wildman–Crippen MR) is 161 cm³/mol. The molecule has 0 spiro atoms. The summed E-state index contributed by atoms with van der Waals surface area (Å²) in [7, 11) is 0.895. The molecule has 1 fully saturated rings. The second kappa shape index (κ2) is 12.3. The van der Waals surface area contributed by atoms with Crippen LogP contribution in [-0.2, 0) is 21.3 Å². The molecule has 0 N–H and O–H groups in total. The fraction of sp³-hybridized carbons (Fsp3) is 0.429. The van der Waals surface area contributed by atoms with Gasteiger partial charge in [-0.15, -0.1) is 11.3 Å². The van der Waals surface area contributed by atoms with Crippen LogP contribution >= 0.6 is 22.9 Å². The van der Waals surface area contributed by atoms with E-state index >= 15 is 0 Å². The summed E-state index contributed by atoms with van der Waals surface area (Å²) >= 11 is 7.90. The number of carbonyl (C=O) groups excluding carboxylic acids is 1. The van der Waals surface area contributed by atoms with Crippen LogP contribution in [-0.4, -0.2) is 70.4 Å². The number of amides is 1. The van der Waals surface area contributed by atoms with Crippen LogP contribution in [0.25, 0.3) is 0 Å². The molecule has 1 amide bonds. The number of benzene rings is 2. The van der Waals surface area contributed by atoms with Gasteiger partial charge in [0.1, 0.15) is 17.1 Å². The molecule has 0 aliphatic carbocycles. The largest absolute Gasteiger partial charge is 0.497 e. The lowest BCUT2D eigenvalue weighted by molar-refractivity contribution is 0.0292. The lowest BCUT2D eigenvalue weighted by Crippen LogP contribution is -2.39. The molecule has 1 atom stereocenters. The Kier molecular flexibility index (Phi) is 9.25. The fourth-order valence-electron chi connectivity index (χ4n) is 4.54. The molecule has 4 rings (SSSR count). The third kappa shape index (κ3) is 6.99. The molecule has 2 aromatic carbocycles. The lowest BCUT2D eigenvalue weighted by Gasteiger charge is -2.29. The van der Waals surface area contributed by atoms with E-state index in [9.17, 15) is 13.2 Å². The first kappa shape index (κ1) is 30.7. The highest BCUT2D eigenvalue weighted by molar-refractivity contribution is 7.93. The number of hydrogen-bond acceptors (Lipinski definition) is 9. The van der Waals surface area contributed by atoms with Crippen LogP contribution in [0.15, 0.2) is 52.9 Å². The molecule has 41 heavy (non-hydrogen) atoms. The van der Waals surface area contributed by atoms with Crippen molar-refractivity contribution >= 4 is 49.9 Å². The van der Waals surface area contributed by atoms with E-state index in [2.05, 4.69) is 4.98 Å². The zero-order chi connectivity index (χ0) is 29.9. The van der Waals surface area contributed by atoms with E-state index in [4.69, 9.17) is 25.8 Å². The van der Waals surface area contributed by atoms with Crippen LogP contribution in [0.2, 0.25) is 5.02 Å². The summed E-state index contributed by atoms with van der Waals surface area (Å²) < 4.78 is 45.5. The van der Waals surface area contributed by atoms with E-state index in [-0.39, 0.29) is 28.6 Å². The monoisotopic (exact) mass is 622 g/mol. The summed E-state index contributed by atoms with van der Waals surface area (Å²) in [5.74, 6) is 1.09. The van der Waals surface area contributed by atoms with Crippen molar-refractivity contribution in [1.29, 1.82) is 0 Å². The number of nitrogens with zero attached hydrogens (tertiary/aromatic N) is 4. The number of hydrogen-bond donors (Lipinski definition) is 0. The number of sulfonamides is 1. The van der Waals surface area contributed by atoms with Crippen molar-refractivity contribution < 1.29 is 27.4 Å². The molecule has 1 aliphatic rings. The van der Waals surface area contributed by atoms with Crippen LogP contribution in [0.1, 0.15) is 32.8 Å². The van der Waals surface area contributed by atoms with Gasteiger partial charge in [0.25, 0.3) is 10.0 Å². The van der Waals surface area contributed by atoms with Gasteiger partial charge in [-0.1, -0.05) is 11.6 Å². The summed E-state index contributed by atoms with van der Waals surface area (Å²) in [5.41, 5.74) is 0.737. The van der Waals surface area contributed by atoms with Gasteiger partial charge in [-0.2, -0.15) is 0 Å². The van der Waals surface area contributed by atoms with Crippen LogP contribution < -0.4 is 18.7 Å². The van der Waals surface area contributed by atoms with Gasteiger partial charge >= 0.3 is 6.09 Å². The summed E-state index contributed by atoms with van der Waals surface area (Å²) in [6.45, 7) is 6.54. The van der Waals surface area contributed by atoms with Gasteiger partial charge in [0.2, 0.25) is 0 Å². The van der Waals surface area contributed by atoms with Crippen molar-refractivity contribution in [2.24, 2.45) is 0 Å². The van der Waals surface area contributed by atoms with Gasteiger partial charge in [0.15, 0.2) is 5.13 Å².